The Morgan fingerprint density at radius 3 is 2.32 bits per heavy atom. The van der Waals surface area contributed by atoms with E-state index in [0.29, 0.717) is 24.7 Å². The molecular weight excluding hydrogens is 579 g/mol. The lowest BCUT2D eigenvalue weighted by Gasteiger charge is -2.16. The monoisotopic (exact) mass is 608 g/mol. The van der Waals surface area contributed by atoms with Gasteiger partial charge in [0, 0.05) is 17.9 Å². The molecule has 0 spiro atoms. The molecule has 0 aliphatic carbocycles. The van der Waals surface area contributed by atoms with Crippen LogP contribution in [0.4, 0.5) is 11.4 Å². The molecule has 0 atom stereocenters. The van der Waals surface area contributed by atoms with Gasteiger partial charge in [-0.2, -0.15) is 0 Å². The lowest BCUT2D eigenvalue weighted by atomic mass is 10.2. The number of halogens is 1. The maximum absolute atomic E-state index is 12.4. The van der Waals surface area contributed by atoms with Gasteiger partial charge in [0.2, 0.25) is 0 Å². The molecule has 2 N–H and O–H groups in total. The summed E-state index contributed by atoms with van der Waals surface area (Å²) in [6, 6.07) is 29.2. The maximum Gasteiger partial charge on any atom is 0.262 e. The van der Waals surface area contributed by atoms with Crippen LogP contribution in [0.1, 0.15) is 18.1 Å². The van der Waals surface area contributed by atoms with Crippen molar-refractivity contribution >= 4 is 39.9 Å². The molecule has 0 saturated carbocycles. The molecular formula is C30H29IN2O4. The molecule has 0 aliphatic rings. The molecule has 190 valence electrons. The highest BCUT2D eigenvalue weighted by Crippen LogP contribution is 2.34. The number of aryl methyl sites for hydroxylation is 1. The van der Waals surface area contributed by atoms with Crippen LogP contribution in [-0.4, -0.2) is 19.1 Å². The summed E-state index contributed by atoms with van der Waals surface area (Å²) in [6.45, 7) is 4.88. The fourth-order valence-corrected chi connectivity index (χ4v) is 4.48. The van der Waals surface area contributed by atoms with Crippen LogP contribution in [0.25, 0.3) is 0 Å². The number of nitrogens with one attached hydrogen (secondary N) is 2. The molecule has 0 aromatic heterocycles. The van der Waals surface area contributed by atoms with Crippen molar-refractivity contribution in [3.8, 4) is 23.0 Å². The second kappa shape index (κ2) is 13.0. The van der Waals surface area contributed by atoms with Crippen molar-refractivity contribution in [1.82, 2.24) is 0 Å². The minimum atomic E-state index is -0.228. The third-order valence-corrected chi connectivity index (χ3v) is 6.15. The summed E-state index contributed by atoms with van der Waals surface area (Å²) in [6.07, 6.45) is 0. The lowest BCUT2D eigenvalue weighted by Crippen LogP contribution is -2.20. The summed E-state index contributed by atoms with van der Waals surface area (Å²) in [5.41, 5.74) is 3.83. The largest absolute Gasteiger partial charge is 0.490 e. The minimum absolute atomic E-state index is 0.112. The van der Waals surface area contributed by atoms with Gasteiger partial charge in [-0.05, 0) is 108 Å². The summed E-state index contributed by atoms with van der Waals surface area (Å²) in [5.74, 6) is 2.53. The van der Waals surface area contributed by atoms with Crippen LogP contribution in [0.3, 0.4) is 0 Å². The van der Waals surface area contributed by atoms with E-state index >= 15 is 0 Å². The molecule has 6 nitrogen and oxygen atoms in total. The Balaban J connectivity index is 1.36. The summed E-state index contributed by atoms with van der Waals surface area (Å²) in [5, 5.41) is 6.30. The number of hydrogen-bond donors (Lipinski definition) is 2. The molecule has 4 rings (SSSR count). The summed E-state index contributed by atoms with van der Waals surface area (Å²) < 4.78 is 18.5. The Labute approximate surface area is 231 Å². The number of amides is 1. The highest BCUT2D eigenvalue weighted by molar-refractivity contribution is 14.1. The van der Waals surface area contributed by atoms with E-state index in [4.69, 9.17) is 14.2 Å². The van der Waals surface area contributed by atoms with Gasteiger partial charge in [0.1, 0.15) is 11.5 Å². The van der Waals surface area contributed by atoms with Crippen molar-refractivity contribution in [3.05, 3.63) is 106 Å². The fraction of sp³-hybridized carbons (Fsp3) is 0.167. The van der Waals surface area contributed by atoms with Gasteiger partial charge in [-0.15, -0.1) is 0 Å². The van der Waals surface area contributed by atoms with Crippen LogP contribution in [-0.2, 0) is 11.3 Å². The number of carbonyl (C=O) groups excluding carboxylic acids is 1. The molecule has 37 heavy (non-hydrogen) atoms. The van der Waals surface area contributed by atoms with Crippen LogP contribution in [0, 0.1) is 10.5 Å². The van der Waals surface area contributed by atoms with Crippen LogP contribution < -0.4 is 24.8 Å². The molecule has 0 aliphatic heterocycles. The van der Waals surface area contributed by atoms with Crippen LogP contribution in [0.2, 0.25) is 0 Å². The number of benzene rings is 4. The first kappa shape index (κ1) is 26.3. The first-order valence-corrected chi connectivity index (χ1v) is 13.1. The van der Waals surface area contributed by atoms with E-state index in [1.54, 1.807) is 0 Å². The Morgan fingerprint density at radius 2 is 1.59 bits per heavy atom. The van der Waals surface area contributed by atoms with E-state index in [1.165, 1.54) is 0 Å². The first-order valence-electron chi connectivity index (χ1n) is 12.0. The van der Waals surface area contributed by atoms with E-state index in [0.717, 1.165) is 37.6 Å². The third kappa shape index (κ3) is 7.88. The van der Waals surface area contributed by atoms with Crippen molar-refractivity contribution in [2.45, 2.75) is 20.4 Å². The van der Waals surface area contributed by atoms with Gasteiger partial charge in [0.15, 0.2) is 18.1 Å². The van der Waals surface area contributed by atoms with Gasteiger partial charge in [0.25, 0.3) is 5.91 Å². The van der Waals surface area contributed by atoms with Crippen molar-refractivity contribution in [3.63, 3.8) is 0 Å². The van der Waals surface area contributed by atoms with Gasteiger partial charge in [-0.25, -0.2) is 0 Å². The minimum Gasteiger partial charge on any atom is -0.490 e. The normalized spacial score (nSPS) is 10.5. The predicted octanol–water partition coefficient (Wildman–Crippen LogP) is 7.42. The van der Waals surface area contributed by atoms with Gasteiger partial charge in [-0.3, -0.25) is 4.79 Å². The molecule has 0 bridgehead atoms. The molecule has 0 heterocycles. The van der Waals surface area contributed by atoms with Crippen LogP contribution in [0.5, 0.6) is 23.0 Å². The topological polar surface area (TPSA) is 68.8 Å². The molecule has 0 saturated heterocycles. The SMILES string of the molecule is CCOc1cc(CNc2ccc(Oc3ccccc3)cc2)cc(I)c1OCC(=O)Nc1cccc(C)c1. The zero-order valence-electron chi connectivity index (χ0n) is 20.8. The molecule has 0 radical (unpaired) electrons. The lowest BCUT2D eigenvalue weighted by molar-refractivity contribution is -0.118. The zero-order valence-corrected chi connectivity index (χ0v) is 23.0. The second-order valence-electron chi connectivity index (χ2n) is 8.34. The summed E-state index contributed by atoms with van der Waals surface area (Å²) in [7, 11) is 0. The summed E-state index contributed by atoms with van der Waals surface area (Å²) >= 11 is 2.21. The number of ether oxygens (including phenoxy) is 3. The quantitative estimate of drug-likeness (QED) is 0.174. The van der Waals surface area contributed by atoms with E-state index < -0.39 is 0 Å². The molecule has 4 aromatic rings. The van der Waals surface area contributed by atoms with Crippen LogP contribution >= 0.6 is 22.6 Å². The van der Waals surface area contributed by atoms with Gasteiger partial charge < -0.3 is 24.8 Å². The molecule has 0 unspecified atom stereocenters. The van der Waals surface area contributed by atoms with Crippen LogP contribution in [0.15, 0.2) is 91.0 Å². The smallest absolute Gasteiger partial charge is 0.262 e. The molecule has 0 fully saturated rings. The highest BCUT2D eigenvalue weighted by atomic mass is 127. The van der Waals surface area contributed by atoms with Crippen molar-refractivity contribution in [2.24, 2.45) is 0 Å². The first-order chi connectivity index (χ1) is 18.0. The van der Waals surface area contributed by atoms with E-state index in [2.05, 4.69) is 33.2 Å². The number of rotatable bonds is 11. The molecule has 7 heteroatoms. The zero-order chi connectivity index (χ0) is 26.0. The fourth-order valence-electron chi connectivity index (χ4n) is 3.65. The predicted molar refractivity (Wildman–Crippen MR) is 156 cm³/mol. The second-order valence-corrected chi connectivity index (χ2v) is 9.50. The number of para-hydroxylation sites is 1. The van der Waals surface area contributed by atoms with Gasteiger partial charge >= 0.3 is 0 Å². The number of carbonyl (C=O) groups is 1. The maximum atomic E-state index is 12.4. The number of hydrogen-bond acceptors (Lipinski definition) is 5. The van der Waals surface area contributed by atoms with E-state index in [1.807, 2.05) is 105 Å². The average Bonchev–Trinajstić information content (AvgIpc) is 2.88. The Morgan fingerprint density at radius 1 is 0.838 bits per heavy atom. The molecule has 4 aromatic carbocycles. The van der Waals surface area contributed by atoms with Crippen molar-refractivity contribution in [2.75, 3.05) is 23.8 Å². The highest BCUT2D eigenvalue weighted by Gasteiger charge is 2.14. The van der Waals surface area contributed by atoms with Gasteiger partial charge in [0.05, 0.1) is 10.2 Å². The third-order valence-electron chi connectivity index (χ3n) is 5.35. The Kier molecular flexibility index (Phi) is 9.26. The average molecular weight is 608 g/mol. The van der Waals surface area contributed by atoms with Crippen molar-refractivity contribution < 1.29 is 19.0 Å². The van der Waals surface area contributed by atoms with Crippen molar-refractivity contribution in [1.29, 1.82) is 0 Å². The van der Waals surface area contributed by atoms with E-state index in [9.17, 15) is 4.79 Å². The summed E-state index contributed by atoms with van der Waals surface area (Å²) in [4.78, 5) is 12.4. The number of anilines is 2. The standard InChI is InChI=1S/C30H29IN2O4/c1-3-35-28-18-22(19-32-23-12-14-26(15-13-23)37-25-10-5-4-6-11-25)17-27(31)30(28)36-20-29(34)33-24-9-7-8-21(2)16-24/h4-18,32H,3,19-20H2,1-2H3,(H,33,34). The van der Waals surface area contributed by atoms with Gasteiger partial charge in [-0.1, -0.05) is 30.3 Å². The Hall–Kier alpha value is -3.72. The molecule has 1 amide bonds. The van der Waals surface area contributed by atoms with E-state index in [-0.39, 0.29) is 12.5 Å². The Bertz CT molecular complexity index is 1330.